The summed E-state index contributed by atoms with van der Waals surface area (Å²) in [5, 5.41) is 9.23. The monoisotopic (exact) mass is 331 g/mol. The molecule has 5 nitrogen and oxygen atoms in total. The van der Waals surface area contributed by atoms with Gasteiger partial charge in [0.1, 0.15) is 0 Å². The molecule has 23 heavy (non-hydrogen) atoms. The van der Waals surface area contributed by atoms with Gasteiger partial charge in [0.25, 0.3) is 0 Å². The van der Waals surface area contributed by atoms with Gasteiger partial charge in [-0.1, -0.05) is 23.7 Å². The average molecular weight is 332 g/mol. The third kappa shape index (κ3) is 6.00. The van der Waals surface area contributed by atoms with Gasteiger partial charge in [-0.25, -0.2) is 0 Å². The van der Waals surface area contributed by atoms with Crippen molar-refractivity contribution in [3.63, 3.8) is 0 Å². The summed E-state index contributed by atoms with van der Waals surface area (Å²) in [5.74, 6) is -0.221. The van der Waals surface area contributed by atoms with E-state index in [2.05, 4.69) is 16.0 Å². The maximum Gasteiger partial charge on any atom is 0.226 e. The van der Waals surface area contributed by atoms with Gasteiger partial charge in [-0.15, -0.1) is 0 Å². The van der Waals surface area contributed by atoms with Gasteiger partial charge in [-0.2, -0.15) is 0 Å². The molecule has 0 atom stereocenters. The van der Waals surface area contributed by atoms with E-state index in [1.807, 2.05) is 18.2 Å². The molecular weight excluding hydrogens is 314 g/mol. The van der Waals surface area contributed by atoms with Crippen LogP contribution in [0, 0.1) is 0 Å². The number of benzene rings is 2. The van der Waals surface area contributed by atoms with E-state index in [1.54, 1.807) is 30.3 Å². The quantitative estimate of drug-likeness (QED) is 0.755. The normalized spacial score (nSPS) is 10.0. The minimum Gasteiger partial charge on any atom is -0.384 e. The second-order valence-electron chi connectivity index (χ2n) is 5.00. The average Bonchev–Trinajstić information content (AvgIpc) is 2.47. The largest absolute Gasteiger partial charge is 0.384 e. The van der Waals surface area contributed by atoms with Crippen LogP contribution in [0.4, 0.5) is 17.1 Å². The summed E-state index contributed by atoms with van der Waals surface area (Å²) < 4.78 is 0. The van der Waals surface area contributed by atoms with Gasteiger partial charge in [-0.3, -0.25) is 9.59 Å². The summed E-state index contributed by atoms with van der Waals surface area (Å²) in [4.78, 5) is 22.9. The number of anilines is 3. The highest BCUT2D eigenvalue weighted by atomic mass is 35.5. The van der Waals surface area contributed by atoms with E-state index in [1.165, 1.54) is 6.92 Å². The molecule has 0 heterocycles. The Labute approximate surface area is 140 Å². The van der Waals surface area contributed by atoms with E-state index < -0.39 is 0 Å². The zero-order chi connectivity index (χ0) is 16.7. The van der Waals surface area contributed by atoms with Gasteiger partial charge in [0.15, 0.2) is 0 Å². The zero-order valence-electron chi connectivity index (χ0n) is 12.7. The number of carbonyl (C=O) groups is 2. The Morgan fingerprint density at radius 1 is 0.957 bits per heavy atom. The van der Waals surface area contributed by atoms with E-state index in [9.17, 15) is 9.59 Å². The molecule has 0 bridgehead atoms. The highest BCUT2D eigenvalue weighted by Gasteiger charge is 2.03. The SMILES string of the molecule is CC(=O)Nc1cccc(NCCC(=O)Nc2cccc(Cl)c2)c1. The summed E-state index contributed by atoms with van der Waals surface area (Å²) in [7, 11) is 0. The molecule has 0 aliphatic carbocycles. The van der Waals surface area contributed by atoms with Crippen molar-refractivity contribution in [2.75, 3.05) is 22.5 Å². The molecule has 0 fully saturated rings. The van der Waals surface area contributed by atoms with Crippen LogP contribution in [0.2, 0.25) is 5.02 Å². The Morgan fingerprint density at radius 2 is 1.61 bits per heavy atom. The Bertz CT molecular complexity index is 704. The minimum atomic E-state index is -0.122. The van der Waals surface area contributed by atoms with E-state index in [4.69, 9.17) is 11.6 Å². The van der Waals surface area contributed by atoms with Crippen molar-refractivity contribution < 1.29 is 9.59 Å². The van der Waals surface area contributed by atoms with Crippen LogP contribution in [0.15, 0.2) is 48.5 Å². The molecule has 2 rings (SSSR count). The van der Waals surface area contributed by atoms with Crippen molar-refractivity contribution in [3.05, 3.63) is 53.6 Å². The van der Waals surface area contributed by atoms with Crippen LogP contribution in [0.1, 0.15) is 13.3 Å². The Kier molecular flexibility index (Phi) is 6.00. The molecule has 0 aromatic heterocycles. The number of carbonyl (C=O) groups excluding carboxylic acids is 2. The molecule has 120 valence electrons. The number of hydrogen-bond acceptors (Lipinski definition) is 3. The van der Waals surface area contributed by atoms with E-state index in [0.717, 1.165) is 5.69 Å². The van der Waals surface area contributed by atoms with Gasteiger partial charge in [0.05, 0.1) is 0 Å². The third-order valence-electron chi connectivity index (χ3n) is 2.97. The summed E-state index contributed by atoms with van der Waals surface area (Å²) in [6.45, 7) is 1.94. The molecule has 0 aliphatic heterocycles. The first kappa shape index (κ1) is 16.8. The highest BCUT2D eigenvalue weighted by Crippen LogP contribution is 2.16. The van der Waals surface area contributed by atoms with Crippen molar-refractivity contribution >= 4 is 40.5 Å². The fourth-order valence-corrected chi connectivity index (χ4v) is 2.21. The smallest absolute Gasteiger partial charge is 0.226 e. The van der Waals surface area contributed by atoms with Crippen molar-refractivity contribution in [1.82, 2.24) is 0 Å². The van der Waals surface area contributed by atoms with Gasteiger partial charge < -0.3 is 16.0 Å². The van der Waals surface area contributed by atoms with Gasteiger partial charge >= 0.3 is 0 Å². The van der Waals surface area contributed by atoms with Crippen LogP contribution in [-0.2, 0) is 9.59 Å². The Hall–Kier alpha value is -2.53. The van der Waals surface area contributed by atoms with E-state index in [0.29, 0.717) is 29.4 Å². The predicted octanol–water partition coefficient (Wildman–Crippen LogP) is 3.74. The molecule has 6 heteroatoms. The van der Waals surface area contributed by atoms with Crippen LogP contribution >= 0.6 is 11.6 Å². The lowest BCUT2D eigenvalue weighted by Gasteiger charge is -2.09. The molecule has 0 saturated carbocycles. The molecule has 0 unspecified atom stereocenters. The summed E-state index contributed by atoms with van der Waals surface area (Å²) in [6, 6.07) is 14.3. The first-order chi connectivity index (χ1) is 11.0. The number of hydrogen-bond donors (Lipinski definition) is 3. The Morgan fingerprint density at radius 3 is 2.30 bits per heavy atom. The van der Waals surface area contributed by atoms with E-state index in [-0.39, 0.29) is 11.8 Å². The predicted molar refractivity (Wildman–Crippen MR) is 93.9 cm³/mol. The van der Waals surface area contributed by atoms with Crippen molar-refractivity contribution in [2.24, 2.45) is 0 Å². The second kappa shape index (κ2) is 8.19. The molecule has 2 amide bonds. The van der Waals surface area contributed by atoms with Gasteiger partial charge in [-0.05, 0) is 36.4 Å². The van der Waals surface area contributed by atoms with Gasteiger partial charge in [0, 0.05) is 42.0 Å². The fourth-order valence-electron chi connectivity index (χ4n) is 2.02. The van der Waals surface area contributed by atoms with Gasteiger partial charge in [0.2, 0.25) is 11.8 Å². The highest BCUT2D eigenvalue weighted by molar-refractivity contribution is 6.30. The molecule has 2 aromatic rings. The molecule has 0 saturated heterocycles. The maximum absolute atomic E-state index is 11.9. The lowest BCUT2D eigenvalue weighted by Crippen LogP contribution is -2.16. The number of nitrogens with one attached hydrogen (secondary N) is 3. The minimum absolute atomic E-state index is 0.0993. The molecule has 0 aliphatic rings. The second-order valence-corrected chi connectivity index (χ2v) is 5.43. The summed E-state index contributed by atoms with van der Waals surface area (Å²) in [6.07, 6.45) is 0.316. The topological polar surface area (TPSA) is 70.2 Å². The number of rotatable bonds is 6. The third-order valence-corrected chi connectivity index (χ3v) is 3.21. The van der Waals surface area contributed by atoms with Crippen molar-refractivity contribution in [3.8, 4) is 0 Å². The molecule has 0 radical (unpaired) electrons. The maximum atomic E-state index is 11.9. The van der Waals surface area contributed by atoms with E-state index >= 15 is 0 Å². The lowest BCUT2D eigenvalue weighted by molar-refractivity contribution is -0.116. The lowest BCUT2D eigenvalue weighted by atomic mass is 10.2. The Balaban J connectivity index is 1.80. The molecule has 0 spiro atoms. The summed E-state index contributed by atoms with van der Waals surface area (Å²) >= 11 is 5.87. The fraction of sp³-hybridized carbons (Fsp3) is 0.176. The number of halogens is 1. The molecule has 2 aromatic carbocycles. The number of amides is 2. The standard InChI is InChI=1S/C17H18ClN3O2/c1-12(22)20-16-7-3-5-14(11-16)19-9-8-17(23)21-15-6-2-4-13(18)10-15/h2-7,10-11,19H,8-9H2,1H3,(H,20,22)(H,21,23). The van der Waals surface area contributed by atoms with Crippen LogP contribution in [0.25, 0.3) is 0 Å². The first-order valence-electron chi connectivity index (χ1n) is 7.20. The van der Waals surface area contributed by atoms with Crippen LogP contribution in [0.5, 0.6) is 0 Å². The van der Waals surface area contributed by atoms with Crippen molar-refractivity contribution in [2.45, 2.75) is 13.3 Å². The van der Waals surface area contributed by atoms with Crippen molar-refractivity contribution in [1.29, 1.82) is 0 Å². The van der Waals surface area contributed by atoms with Crippen LogP contribution < -0.4 is 16.0 Å². The molecule has 3 N–H and O–H groups in total. The summed E-state index contributed by atoms with van der Waals surface area (Å²) in [5.41, 5.74) is 2.23. The van der Waals surface area contributed by atoms with Crippen LogP contribution in [0.3, 0.4) is 0 Å². The van der Waals surface area contributed by atoms with Crippen LogP contribution in [-0.4, -0.2) is 18.4 Å². The zero-order valence-corrected chi connectivity index (χ0v) is 13.5. The first-order valence-corrected chi connectivity index (χ1v) is 7.58. The molecular formula is C17H18ClN3O2.